The highest BCUT2D eigenvalue weighted by molar-refractivity contribution is 5.34. The Morgan fingerprint density at radius 2 is 1.94 bits per heavy atom. The molecule has 0 bridgehead atoms. The molecule has 0 aliphatic carbocycles. The van der Waals surface area contributed by atoms with Crippen molar-refractivity contribution in [2.75, 3.05) is 40.1 Å². The molecule has 0 heterocycles. The van der Waals surface area contributed by atoms with E-state index in [2.05, 4.69) is 0 Å². The van der Waals surface area contributed by atoms with Crippen molar-refractivity contribution in [1.82, 2.24) is 0 Å². The Bertz CT molecular complexity index is 347. The number of rotatable bonds is 9. The highest BCUT2D eigenvalue weighted by Crippen LogP contribution is 2.19. The van der Waals surface area contributed by atoms with Gasteiger partial charge in [0.2, 0.25) is 0 Å². The minimum absolute atomic E-state index is 0.276. The third-order valence-electron chi connectivity index (χ3n) is 2.35. The lowest BCUT2D eigenvalue weighted by atomic mass is 10.1. The summed E-state index contributed by atoms with van der Waals surface area (Å²) in [5.74, 6) is 0.388. The van der Waals surface area contributed by atoms with Gasteiger partial charge in [-0.3, -0.25) is 0 Å². The van der Waals surface area contributed by atoms with Gasteiger partial charge in [-0.15, -0.1) is 0 Å². The molecule has 0 aliphatic rings. The molecule has 102 valence electrons. The molecule has 0 fully saturated rings. The summed E-state index contributed by atoms with van der Waals surface area (Å²) < 4.78 is 28.7. The number of hydrogen-bond acceptors (Lipinski definition) is 4. The number of hydrogen-bond donors (Lipinski definition) is 1. The van der Waals surface area contributed by atoms with E-state index in [-0.39, 0.29) is 5.82 Å². The van der Waals surface area contributed by atoms with Crippen molar-refractivity contribution in [3.63, 3.8) is 0 Å². The van der Waals surface area contributed by atoms with E-state index in [9.17, 15) is 4.39 Å². The van der Waals surface area contributed by atoms with Gasteiger partial charge in [0, 0.05) is 7.11 Å². The molecule has 5 heteroatoms. The molecule has 18 heavy (non-hydrogen) atoms. The van der Waals surface area contributed by atoms with E-state index in [1.165, 1.54) is 12.1 Å². The van der Waals surface area contributed by atoms with Gasteiger partial charge >= 0.3 is 0 Å². The highest BCUT2D eigenvalue weighted by Gasteiger charge is 2.04. The Labute approximate surface area is 107 Å². The summed E-state index contributed by atoms with van der Waals surface area (Å²) in [6, 6.07) is 4.45. The van der Waals surface area contributed by atoms with Crippen LogP contribution in [-0.2, 0) is 15.9 Å². The van der Waals surface area contributed by atoms with Crippen LogP contribution in [0.4, 0.5) is 4.39 Å². The van der Waals surface area contributed by atoms with Gasteiger partial charge in [0.25, 0.3) is 0 Å². The van der Waals surface area contributed by atoms with E-state index in [0.29, 0.717) is 45.1 Å². The Morgan fingerprint density at radius 1 is 1.17 bits per heavy atom. The van der Waals surface area contributed by atoms with Crippen LogP contribution in [0.3, 0.4) is 0 Å². The molecule has 0 saturated heterocycles. The Hall–Kier alpha value is -1.17. The summed E-state index contributed by atoms with van der Waals surface area (Å²) in [6.07, 6.45) is 0.595. The average Bonchev–Trinajstić information content (AvgIpc) is 2.36. The van der Waals surface area contributed by atoms with E-state index in [0.717, 1.165) is 5.56 Å². The topological polar surface area (TPSA) is 53.7 Å². The minimum Gasteiger partial charge on any atom is -0.491 e. The fraction of sp³-hybridized carbons (Fsp3) is 0.538. The fourth-order valence-electron chi connectivity index (χ4n) is 1.49. The summed E-state index contributed by atoms with van der Waals surface area (Å²) in [6.45, 7) is 2.47. The van der Waals surface area contributed by atoms with Crippen LogP contribution in [0.25, 0.3) is 0 Å². The molecule has 0 aromatic heterocycles. The second-order valence-corrected chi connectivity index (χ2v) is 3.74. The molecule has 2 N–H and O–H groups in total. The standard InChI is InChI=1S/C13H20FNO3/c1-16-6-7-17-8-9-18-13-3-2-12(14)10-11(13)4-5-15/h2-3,10H,4-9,15H2,1H3. The van der Waals surface area contributed by atoms with E-state index in [4.69, 9.17) is 19.9 Å². The maximum Gasteiger partial charge on any atom is 0.123 e. The molecule has 0 unspecified atom stereocenters. The molecule has 0 atom stereocenters. The molecular weight excluding hydrogens is 237 g/mol. The zero-order valence-electron chi connectivity index (χ0n) is 10.7. The van der Waals surface area contributed by atoms with Crippen LogP contribution < -0.4 is 10.5 Å². The second-order valence-electron chi connectivity index (χ2n) is 3.74. The summed E-state index contributed by atoms with van der Waals surface area (Å²) >= 11 is 0. The highest BCUT2D eigenvalue weighted by atomic mass is 19.1. The number of ether oxygens (including phenoxy) is 3. The summed E-state index contributed by atoms with van der Waals surface area (Å²) in [5, 5.41) is 0. The van der Waals surface area contributed by atoms with Crippen molar-refractivity contribution >= 4 is 0 Å². The average molecular weight is 257 g/mol. The number of halogens is 1. The van der Waals surface area contributed by atoms with Crippen LogP contribution in [0.15, 0.2) is 18.2 Å². The molecule has 0 radical (unpaired) electrons. The second kappa shape index (κ2) is 8.85. The quantitative estimate of drug-likeness (QED) is 0.679. The van der Waals surface area contributed by atoms with Crippen molar-refractivity contribution < 1.29 is 18.6 Å². The van der Waals surface area contributed by atoms with Crippen LogP contribution in [0.5, 0.6) is 5.75 Å². The lowest BCUT2D eigenvalue weighted by molar-refractivity contribution is 0.0542. The van der Waals surface area contributed by atoms with Crippen molar-refractivity contribution in [2.24, 2.45) is 5.73 Å². The van der Waals surface area contributed by atoms with Crippen molar-refractivity contribution in [1.29, 1.82) is 0 Å². The Balaban J connectivity index is 2.36. The van der Waals surface area contributed by atoms with E-state index in [1.54, 1.807) is 13.2 Å². The predicted octanol–water partition coefficient (Wildman–Crippen LogP) is 1.37. The first kappa shape index (κ1) is 14.9. The number of benzene rings is 1. The lowest BCUT2D eigenvalue weighted by Gasteiger charge is -2.11. The first-order valence-corrected chi connectivity index (χ1v) is 5.96. The molecule has 0 aliphatic heterocycles. The number of nitrogens with two attached hydrogens (primary N) is 1. The molecule has 0 amide bonds. The van der Waals surface area contributed by atoms with Crippen LogP contribution in [0.2, 0.25) is 0 Å². The zero-order valence-corrected chi connectivity index (χ0v) is 10.7. The van der Waals surface area contributed by atoms with Gasteiger partial charge in [0.15, 0.2) is 0 Å². The monoisotopic (exact) mass is 257 g/mol. The zero-order chi connectivity index (χ0) is 13.2. The van der Waals surface area contributed by atoms with Gasteiger partial charge in [-0.25, -0.2) is 4.39 Å². The van der Waals surface area contributed by atoms with Crippen LogP contribution in [0, 0.1) is 5.82 Å². The summed E-state index contributed by atoms with van der Waals surface area (Å²) in [5.41, 5.74) is 6.26. The third-order valence-corrected chi connectivity index (χ3v) is 2.35. The largest absolute Gasteiger partial charge is 0.491 e. The van der Waals surface area contributed by atoms with Gasteiger partial charge in [-0.2, -0.15) is 0 Å². The van der Waals surface area contributed by atoms with Gasteiger partial charge in [-0.05, 0) is 36.7 Å². The first-order chi connectivity index (χ1) is 8.77. The predicted molar refractivity (Wildman–Crippen MR) is 67.3 cm³/mol. The van der Waals surface area contributed by atoms with E-state index >= 15 is 0 Å². The summed E-state index contributed by atoms with van der Waals surface area (Å²) in [4.78, 5) is 0. The van der Waals surface area contributed by atoms with Gasteiger partial charge < -0.3 is 19.9 Å². The maximum atomic E-state index is 13.1. The van der Waals surface area contributed by atoms with Crippen LogP contribution in [-0.4, -0.2) is 40.1 Å². The molecule has 4 nitrogen and oxygen atoms in total. The molecular formula is C13H20FNO3. The molecule has 0 saturated carbocycles. The smallest absolute Gasteiger partial charge is 0.123 e. The van der Waals surface area contributed by atoms with E-state index in [1.807, 2.05) is 0 Å². The van der Waals surface area contributed by atoms with Crippen molar-refractivity contribution in [3.8, 4) is 5.75 Å². The third kappa shape index (κ3) is 5.44. The van der Waals surface area contributed by atoms with Crippen molar-refractivity contribution in [2.45, 2.75) is 6.42 Å². The molecule has 1 aromatic rings. The molecule has 1 aromatic carbocycles. The SMILES string of the molecule is COCCOCCOc1ccc(F)cc1CCN. The molecule has 1 rings (SSSR count). The summed E-state index contributed by atoms with van der Waals surface area (Å²) in [7, 11) is 1.62. The van der Waals surface area contributed by atoms with Gasteiger partial charge in [0.05, 0.1) is 19.8 Å². The van der Waals surface area contributed by atoms with Crippen LogP contribution in [0.1, 0.15) is 5.56 Å². The first-order valence-electron chi connectivity index (χ1n) is 5.96. The van der Waals surface area contributed by atoms with Crippen molar-refractivity contribution in [3.05, 3.63) is 29.6 Å². The normalized spacial score (nSPS) is 10.6. The van der Waals surface area contributed by atoms with Gasteiger partial charge in [0.1, 0.15) is 18.2 Å². The Morgan fingerprint density at radius 3 is 2.67 bits per heavy atom. The van der Waals surface area contributed by atoms with E-state index < -0.39 is 0 Å². The maximum absolute atomic E-state index is 13.1. The lowest BCUT2D eigenvalue weighted by Crippen LogP contribution is -2.11. The fourth-order valence-corrected chi connectivity index (χ4v) is 1.49. The van der Waals surface area contributed by atoms with Crippen LogP contribution >= 0.6 is 0 Å². The minimum atomic E-state index is -0.276. The Kier molecular flexibility index (Phi) is 7.32. The molecule has 0 spiro atoms. The van der Waals surface area contributed by atoms with Gasteiger partial charge in [-0.1, -0.05) is 0 Å². The number of methoxy groups -OCH3 is 1.